The number of hydrogen-bond donors (Lipinski definition) is 2. The quantitative estimate of drug-likeness (QED) is 0.654. The van der Waals surface area contributed by atoms with Crippen LogP contribution in [0.3, 0.4) is 0 Å². The maximum atomic E-state index is 11.8. The van der Waals surface area contributed by atoms with E-state index in [4.69, 9.17) is 0 Å². The summed E-state index contributed by atoms with van der Waals surface area (Å²) in [6, 6.07) is 29.7. The van der Waals surface area contributed by atoms with Crippen molar-refractivity contribution in [3.05, 3.63) is 107 Å². The Morgan fingerprint density at radius 2 is 1.04 bits per heavy atom. The Kier molecular flexibility index (Phi) is 4.65. The number of benzene rings is 3. The molecule has 3 aromatic carbocycles. The molecule has 2 heteroatoms. The molecule has 0 atom stereocenters. The summed E-state index contributed by atoms with van der Waals surface area (Å²) >= 11 is 0. The molecule has 0 unspecified atom stereocenters. The van der Waals surface area contributed by atoms with E-state index >= 15 is 0 Å². The van der Waals surface area contributed by atoms with Crippen molar-refractivity contribution in [2.45, 2.75) is 37.2 Å². The molecule has 0 aliphatic carbocycles. The van der Waals surface area contributed by atoms with Gasteiger partial charge in [-0.15, -0.1) is 0 Å². The highest BCUT2D eigenvalue weighted by molar-refractivity contribution is 5.55. The smallest absolute Gasteiger partial charge is 0.107 e. The van der Waals surface area contributed by atoms with E-state index in [0.29, 0.717) is 13.1 Å². The van der Waals surface area contributed by atoms with Crippen molar-refractivity contribution in [3.8, 4) is 0 Å². The molecule has 0 amide bonds. The minimum Gasteiger partial charge on any atom is -0.386 e. The van der Waals surface area contributed by atoms with E-state index in [1.807, 2.05) is 12.1 Å². The Bertz CT molecular complexity index is 880. The number of rotatable bonds is 4. The normalized spacial score (nSPS) is 16.4. The van der Waals surface area contributed by atoms with Crippen molar-refractivity contribution < 1.29 is 5.11 Å². The van der Waals surface area contributed by atoms with Crippen LogP contribution in [0.2, 0.25) is 0 Å². The van der Waals surface area contributed by atoms with Crippen LogP contribution >= 0.6 is 0 Å². The molecule has 1 fully saturated rings. The van der Waals surface area contributed by atoms with E-state index in [0.717, 1.165) is 16.7 Å². The van der Waals surface area contributed by atoms with Crippen LogP contribution < -0.4 is 5.32 Å². The second-order valence-corrected chi connectivity index (χ2v) is 8.94. The van der Waals surface area contributed by atoms with Crippen LogP contribution in [0.15, 0.2) is 84.9 Å². The fourth-order valence-electron chi connectivity index (χ4n) is 4.53. The maximum absolute atomic E-state index is 11.8. The lowest BCUT2D eigenvalue weighted by atomic mass is 9.57. The minimum atomic E-state index is -0.890. The van der Waals surface area contributed by atoms with Crippen molar-refractivity contribution in [1.29, 1.82) is 0 Å². The Morgan fingerprint density at radius 3 is 1.39 bits per heavy atom. The Morgan fingerprint density at radius 1 is 0.643 bits per heavy atom. The lowest BCUT2D eigenvalue weighted by Crippen LogP contribution is -2.71. The zero-order valence-corrected chi connectivity index (χ0v) is 16.9. The van der Waals surface area contributed by atoms with Crippen molar-refractivity contribution in [2.75, 3.05) is 13.1 Å². The third kappa shape index (κ3) is 2.88. The summed E-state index contributed by atoms with van der Waals surface area (Å²) in [4.78, 5) is 0. The highest BCUT2D eigenvalue weighted by Gasteiger charge is 2.57. The minimum absolute atomic E-state index is 0.0929. The van der Waals surface area contributed by atoms with Crippen LogP contribution in [0.25, 0.3) is 0 Å². The van der Waals surface area contributed by atoms with Crippen LogP contribution in [-0.4, -0.2) is 23.8 Å². The fraction of sp³-hybridized carbons (Fsp3) is 0.308. The van der Waals surface area contributed by atoms with Gasteiger partial charge in [0.15, 0.2) is 0 Å². The third-order valence-corrected chi connectivity index (χ3v) is 6.13. The molecule has 28 heavy (non-hydrogen) atoms. The summed E-state index contributed by atoms with van der Waals surface area (Å²) < 4.78 is 0. The van der Waals surface area contributed by atoms with E-state index in [2.05, 4.69) is 98.9 Å². The summed E-state index contributed by atoms with van der Waals surface area (Å²) in [6.45, 7) is 7.82. The van der Waals surface area contributed by atoms with Crippen LogP contribution in [0.1, 0.15) is 43.0 Å². The molecule has 0 radical (unpaired) electrons. The maximum Gasteiger partial charge on any atom is 0.107 e. The molecule has 0 bridgehead atoms. The molecular formula is C26H29NO. The van der Waals surface area contributed by atoms with E-state index < -0.39 is 11.0 Å². The average Bonchev–Trinajstić information content (AvgIpc) is 2.69. The predicted molar refractivity (Wildman–Crippen MR) is 116 cm³/mol. The Labute approximate surface area is 168 Å². The standard InChI is InChI=1S/C26H29NO/c1-24(2,3)20-14-16-23(17-15-20)26(25(28)18-27-19-25,21-10-6-4-7-11-21)22-12-8-5-9-13-22/h4-17,27-28H,18-19H2,1-3H3. The number of β-amino-alcohol motifs (C(OH)–C–C–N with tert-alkyl or cyclic N) is 1. The first-order valence-corrected chi connectivity index (χ1v) is 10.0. The predicted octanol–water partition coefficient (Wildman–Crippen LogP) is 4.65. The highest BCUT2D eigenvalue weighted by Crippen LogP contribution is 2.49. The fourth-order valence-corrected chi connectivity index (χ4v) is 4.53. The van der Waals surface area contributed by atoms with Gasteiger partial charge in [0.1, 0.15) is 5.60 Å². The van der Waals surface area contributed by atoms with Crippen LogP contribution in [0.4, 0.5) is 0 Å². The van der Waals surface area contributed by atoms with Crippen LogP contribution in [0, 0.1) is 0 Å². The van der Waals surface area contributed by atoms with Gasteiger partial charge in [0.2, 0.25) is 0 Å². The molecule has 144 valence electrons. The van der Waals surface area contributed by atoms with E-state index in [1.165, 1.54) is 5.56 Å². The van der Waals surface area contributed by atoms with Gasteiger partial charge in [-0.05, 0) is 27.7 Å². The third-order valence-electron chi connectivity index (χ3n) is 6.13. The zero-order chi connectivity index (χ0) is 19.8. The van der Waals surface area contributed by atoms with Gasteiger partial charge in [0.25, 0.3) is 0 Å². The summed E-state index contributed by atoms with van der Waals surface area (Å²) in [5.41, 5.74) is 3.24. The summed E-state index contributed by atoms with van der Waals surface area (Å²) in [5, 5.41) is 15.1. The second-order valence-electron chi connectivity index (χ2n) is 8.94. The molecule has 3 aromatic rings. The van der Waals surface area contributed by atoms with E-state index in [-0.39, 0.29) is 5.41 Å². The first-order chi connectivity index (χ1) is 13.4. The van der Waals surface area contributed by atoms with Gasteiger partial charge >= 0.3 is 0 Å². The number of aliphatic hydroxyl groups is 1. The molecule has 1 aliphatic heterocycles. The van der Waals surface area contributed by atoms with Crippen LogP contribution in [0.5, 0.6) is 0 Å². The summed E-state index contributed by atoms with van der Waals surface area (Å²) in [6.07, 6.45) is 0. The van der Waals surface area contributed by atoms with Crippen molar-refractivity contribution >= 4 is 0 Å². The molecule has 0 saturated carbocycles. The molecule has 1 aliphatic rings. The van der Waals surface area contributed by atoms with Gasteiger partial charge in [-0.1, -0.05) is 106 Å². The lowest BCUT2D eigenvalue weighted by molar-refractivity contribution is -0.0523. The number of hydrogen-bond acceptors (Lipinski definition) is 2. The first-order valence-electron chi connectivity index (χ1n) is 10.0. The van der Waals surface area contributed by atoms with Gasteiger partial charge < -0.3 is 10.4 Å². The van der Waals surface area contributed by atoms with E-state index in [9.17, 15) is 5.11 Å². The molecule has 1 saturated heterocycles. The van der Waals surface area contributed by atoms with Crippen LogP contribution in [-0.2, 0) is 10.8 Å². The summed E-state index contributed by atoms with van der Waals surface area (Å²) in [5.74, 6) is 0. The topological polar surface area (TPSA) is 32.3 Å². The SMILES string of the molecule is CC(C)(C)c1ccc(C(c2ccccc2)(c2ccccc2)C2(O)CNC2)cc1. The molecule has 2 N–H and O–H groups in total. The second kappa shape index (κ2) is 6.88. The van der Waals surface area contributed by atoms with Gasteiger partial charge in [0, 0.05) is 13.1 Å². The van der Waals surface area contributed by atoms with Gasteiger partial charge in [-0.2, -0.15) is 0 Å². The molecule has 0 aromatic heterocycles. The van der Waals surface area contributed by atoms with Gasteiger partial charge in [-0.25, -0.2) is 0 Å². The van der Waals surface area contributed by atoms with Crippen molar-refractivity contribution in [3.63, 3.8) is 0 Å². The molecule has 2 nitrogen and oxygen atoms in total. The monoisotopic (exact) mass is 371 g/mol. The summed E-state index contributed by atoms with van der Waals surface area (Å²) in [7, 11) is 0. The molecule has 1 heterocycles. The largest absolute Gasteiger partial charge is 0.386 e. The van der Waals surface area contributed by atoms with Crippen molar-refractivity contribution in [1.82, 2.24) is 5.32 Å². The molecule has 0 spiro atoms. The van der Waals surface area contributed by atoms with Gasteiger partial charge in [0.05, 0.1) is 5.41 Å². The van der Waals surface area contributed by atoms with Gasteiger partial charge in [-0.3, -0.25) is 0 Å². The Balaban J connectivity index is 2.01. The zero-order valence-electron chi connectivity index (χ0n) is 16.9. The Hall–Kier alpha value is -2.42. The molecule has 4 rings (SSSR count). The lowest BCUT2D eigenvalue weighted by Gasteiger charge is -2.54. The first kappa shape index (κ1) is 18.9. The van der Waals surface area contributed by atoms with Crippen molar-refractivity contribution in [2.24, 2.45) is 0 Å². The molecular weight excluding hydrogens is 342 g/mol. The number of nitrogens with one attached hydrogen (secondary N) is 1. The highest BCUT2D eigenvalue weighted by atomic mass is 16.3. The average molecular weight is 372 g/mol. The van der Waals surface area contributed by atoms with E-state index in [1.54, 1.807) is 0 Å².